The van der Waals surface area contributed by atoms with Crippen LogP contribution in [0, 0.1) is 17.5 Å². The van der Waals surface area contributed by atoms with Gasteiger partial charge < -0.3 is 5.32 Å². The molecule has 2 aromatic carbocycles. The summed E-state index contributed by atoms with van der Waals surface area (Å²) in [5.74, 6) is -4.45. The summed E-state index contributed by atoms with van der Waals surface area (Å²) in [5.41, 5.74) is 0.388. The van der Waals surface area contributed by atoms with Crippen LogP contribution >= 0.6 is 11.0 Å². The lowest BCUT2D eigenvalue weighted by Crippen LogP contribution is -2.33. The van der Waals surface area contributed by atoms with E-state index in [-0.39, 0.29) is 0 Å². The van der Waals surface area contributed by atoms with Crippen LogP contribution in [0.4, 0.5) is 30.2 Å². The van der Waals surface area contributed by atoms with Crippen LogP contribution in [0.25, 0.3) is 0 Å². The zero-order chi connectivity index (χ0) is 18.9. The molecule has 0 saturated carbocycles. The predicted octanol–water partition coefficient (Wildman–Crippen LogP) is 4.64. The molecule has 0 aliphatic carbocycles. The van der Waals surface area contributed by atoms with Gasteiger partial charge in [-0.05, 0) is 54.7 Å². The van der Waals surface area contributed by atoms with Gasteiger partial charge in [0, 0.05) is 6.54 Å². The van der Waals surface area contributed by atoms with Crippen LogP contribution in [0.5, 0.6) is 0 Å². The molecule has 3 rings (SSSR count). The molecule has 0 radical (unpaired) electrons. The molecule has 1 aliphatic rings. The fraction of sp³-hybridized carbons (Fsp3) is 0.294. The molecule has 26 heavy (non-hydrogen) atoms. The third kappa shape index (κ3) is 3.11. The summed E-state index contributed by atoms with van der Waals surface area (Å²) in [6.45, 7) is 3.73. The third-order valence-corrected chi connectivity index (χ3v) is 5.96. The van der Waals surface area contributed by atoms with Crippen molar-refractivity contribution in [3.05, 3.63) is 53.8 Å². The van der Waals surface area contributed by atoms with Crippen LogP contribution in [0.1, 0.15) is 13.3 Å². The minimum absolute atomic E-state index is 0.300. The summed E-state index contributed by atoms with van der Waals surface area (Å²) in [6, 6.07) is 8.39. The van der Waals surface area contributed by atoms with Crippen LogP contribution < -0.4 is 13.9 Å². The molecule has 0 saturated heterocycles. The van der Waals surface area contributed by atoms with Crippen LogP contribution in [0.2, 0.25) is 0 Å². The Morgan fingerprint density at radius 3 is 2.35 bits per heavy atom. The van der Waals surface area contributed by atoms with Gasteiger partial charge in [-0.25, -0.2) is 17.5 Å². The minimum atomic E-state index is -3.67. The van der Waals surface area contributed by atoms with Crippen molar-refractivity contribution in [3.63, 3.8) is 0 Å². The van der Waals surface area contributed by atoms with E-state index in [0.717, 1.165) is 23.0 Å². The number of nitrogens with one attached hydrogen (secondary N) is 1. The van der Waals surface area contributed by atoms with Crippen LogP contribution in [-0.4, -0.2) is 28.7 Å². The van der Waals surface area contributed by atoms with Crippen molar-refractivity contribution in [2.24, 2.45) is 0 Å². The van der Waals surface area contributed by atoms with Crippen molar-refractivity contribution in [2.75, 3.05) is 28.2 Å². The highest BCUT2D eigenvalue weighted by Crippen LogP contribution is 2.64. The first kappa shape index (κ1) is 18.8. The largest absolute Gasteiger partial charge is 0.317 e. The Bertz CT molecular complexity index is 807. The lowest BCUT2D eigenvalue weighted by atomic mass is 10.2. The van der Waals surface area contributed by atoms with Crippen LogP contribution in [-0.2, 0) is 0 Å². The molecule has 2 aromatic rings. The van der Waals surface area contributed by atoms with E-state index >= 15 is 0 Å². The number of nitrogens with zero attached hydrogens (tertiary/aromatic N) is 2. The molecule has 0 unspecified atom stereocenters. The Hall–Kier alpha value is -1.94. The standard InChI is InChI=1S/C17H20F3N3O2S/c1-2-21-10-5-11-22-13-6-3-4-7-14(13)23(26(22,24)25)15-9-8-12(18)16(19)17(15)20/h3-4,6-9,21,24-25H,2,5,10-11H2,1H3. The second-order valence-electron chi connectivity index (χ2n) is 5.78. The van der Waals surface area contributed by atoms with Crippen molar-refractivity contribution in [3.8, 4) is 0 Å². The molecule has 0 atom stereocenters. The van der Waals surface area contributed by atoms with Gasteiger partial charge in [-0.2, -0.15) is 0 Å². The Kier molecular flexibility index (Phi) is 5.33. The lowest BCUT2D eigenvalue weighted by Gasteiger charge is -2.43. The van der Waals surface area contributed by atoms with Crippen LogP contribution in [0.15, 0.2) is 36.4 Å². The number of halogens is 3. The van der Waals surface area contributed by atoms with E-state index < -0.39 is 34.1 Å². The maximum absolute atomic E-state index is 14.3. The summed E-state index contributed by atoms with van der Waals surface area (Å²) in [5, 5.41) is 3.14. The van der Waals surface area contributed by atoms with E-state index in [1.807, 2.05) is 6.92 Å². The van der Waals surface area contributed by atoms with Gasteiger partial charge in [0.25, 0.3) is 0 Å². The molecule has 3 N–H and O–H groups in total. The highest BCUT2D eigenvalue weighted by atomic mass is 32.3. The molecule has 1 heterocycles. The molecule has 0 aromatic heterocycles. The second kappa shape index (κ2) is 7.36. The maximum atomic E-state index is 14.3. The monoisotopic (exact) mass is 387 g/mol. The quantitative estimate of drug-likeness (QED) is 0.498. The molecule has 0 bridgehead atoms. The number of hydrogen-bond acceptors (Lipinski definition) is 5. The van der Waals surface area contributed by atoms with Gasteiger partial charge in [-0.15, -0.1) is 0 Å². The van der Waals surface area contributed by atoms with Crippen molar-refractivity contribution < 1.29 is 22.3 Å². The van der Waals surface area contributed by atoms with E-state index in [1.165, 1.54) is 4.31 Å². The van der Waals surface area contributed by atoms with Gasteiger partial charge >= 0.3 is 0 Å². The van der Waals surface area contributed by atoms with E-state index in [4.69, 9.17) is 0 Å². The maximum Gasteiger partial charge on any atom is 0.196 e. The van der Waals surface area contributed by atoms with Crippen molar-refractivity contribution in [1.82, 2.24) is 5.32 Å². The number of hydrogen-bond donors (Lipinski definition) is 3. The smallest absolute Gasteiger partial charge is 0.196 e. The highest BCUT2D eigenvalue weighted by molar-refractivity contribution is 8.27. The summed E-state index contributed by atoms with van der Waals surface area (Å²) in [7, 11) is -3.67. The number of para-hydroxylation sites is 2. The molecule has 0 fully saturated rings. The molecule has 5 nitrogen and oxygen atoms in total. The summed E-state index contributed by atoms with van der Waals surface area (Å²) < 4.78 is 65.3. The number of rotatable bonds is 6. The Morgan fingerprint density at radius 1 is 0.962 bits per heavy atom. The van der Waals surface area contributed by atoms with E-state index in [1.54, 1.807) is 24.3 Å². The van der Waals surface area contributed by atoms with E-state index in [0.29, 0.717) is 30.9 Å². The second-order valence-corrected chi connectivity index (χ2v) is 7.56. The molecular formula is C17H20F3N3O2S. The Balaban J connectivity index is 2.02. The summed E-state index contributed by atoms with van der Waals surface area (Å²) in [6.07, 6.45) is 0.617. The molecular weight excluding hydrogens is 367 g/mol. The minimum Gasteiger partial charge on any atom is -0.317 e. The SMILES string of the molecule is CCNCCCN1c2ccccc2N(c2ccc(F)c(F)c2F)S1(O)O. The first-order valence-corrected chi connectivity index (χ1v) is 9.65. The van der Waals surface area contributed by atoms with Gasteiger partial charge in [0.1, 0.15) is 5.69 Å². The fourth-order valence-electron chi connectivity index (χ4n) is 2.91. The first-order chi connectivity index (χ1) is 12.4. The average molecular weight is 387 g/mol. The van der Waals surface area contributed by atoms with Crippen molar-refractivity contribution in [2.45, 2.75) is 13.3 Å². The number of anilines is 3. The lowest BCUT2D eigenvalue weighted by molar-refractivity contribution is 0.446. The molecule has 9 heteroatoms. The van der Waals surface area contributed by atoms with Gasteiger partial charge in [0.05, 0.1) is 11.4 Å². The Morgan fingerprint density at radius 2 is 1.65 bits per heavy atom. The summed E-state index contributed by atoms with van der Waals surface area (Å²) in [4.78, 5) is 0. The van der Waals surface area contributed by atoms with Gasteiger partial charge in [0.15, 0.2) is 17.5 Å². The van der Waals surface area contributed by atoms with Crippen LogP contribution in [0.3, 0.4) is 0 Å². The van der Waals surface area contributed by atoms with Crippen molar-refractivity contribution in [1.29, 1.82) is 0 Å². The van der Waals surface area contributed by atoms with E-state index in [2.05, 4.69) is 5.32 Å². The van der Waals surface area contributed by atoms with Crippen molar-refractivity contribution >= 4 is 28.0 Å². The normalized spacial score (nSPS) is 16.7. The topological polar surface area (TPSA) is 59.0 Å². The molecule has 0 spiro atoms. The highest BCUT2D eigenvalue weighted by Gasteiger charge is 2.42. The fourth-order valence-corrected chi connectivity index (χ4v) is 4.72. The molecule has 1 aliphatic heterocycles. The number of fused-ring (bicyclic) bond motifs is 1. The van der Waals surface area contributed by atoms with Gasteiger partial charge in [-0.1, -0.05) is 19.1 Å². The zero-order valence-corrected chi connectivity index (χ0v) is 14.9. The molecule has 0 amide bonds. The van der Waals surface area contributed by atoms with E-state index in [9.17, 15) is 22.3 Å². The first-order valence-electron chi connectivity index (χ1n) is 8.19. The number of benzene rings is 2. The Labute approximate surface area is 151 Å². The zero-order valence-electron chi connectivity index (χ0n) is 14.1. The third-order valence-electron chi connectivity index (χ3n) is 4.11. The predicted molar refractivity (Wildman–Crippen MR) is 98.3 cm³/mol. The average Bonchev–Trinajstić information content (AvgIpc) is 2.84. The van der Waals surface area contributed by atoms with Gasteiger partial charge in [0.2, 0.25) is 0 Å². The summed E-state index contributed by atoms with van der Waals surface area (Å²) >= 11 is 0. The van der Waals surface area contributed by atoms with Gasteiger partial charge in [-0.3, -0.25) is 13.4 Å². The molecule has 142 valence electrons.